The molecule has 0 radical (unpaired) electrons. The standard InChI is InChI=1S/C31H20FNO3S/c32-22-12-5-4-11-21(22)26-27(28(34)24-14-7-17-37-24)33-23-13-6-1-8-18(23)15-16-25(33)31(26)29(35)19-9-2-3-10-20(19)30(31)36/h1-17,25-27H/t25-,26+,27+/m1/s1. The van der Waals surface area contributed by atoms with E-state index in [1.807, 2.05) is 46.7 Å². The van der Waals surface area contributed by atoms with Gasteiger partial charge >= 0.3 is 0 Å². The molecular formula is C31H20FNO3S. The molecule has 0 saturated carbocycles. The zero-order valence-electron chi connectivity index (χ0n) is 19.5. The van der Waals surface area contributed by atoms with Gasteiger partial charge in [0, 0.05) is 22.7 Å². The first kappa shape index (κ1) is 22.1. The molecule has 1 aliphatic carbocycles. The number of ketones is 3. The molecule has 2 aliphatic heterocycles. The molecule has 1 saturated heterocycles. The minimum Gasteiger partial charge on any atom is -0.352 e. The number of nitrogens with zero attached hydrogens (tertiary/aromatic N) is 1. The van der Waals surface area contributed by atoms with E-state index in [4.69, 9.17) is 0 Å². The van der Waals surface area contributed by atoms with E-state index in [-0.39, 0.29) is 22.9 Å². The lowest BCUT2D eigenvalue weighted by Crippen LogP contribution is -2.48. The van der Waals surface area contributed by atoms with Crippen LogP contribution < -0.4 is 4.90 Å². The van der Waals surface area contributed by atoms with Crippen LogP contribution in [0.5, 0.6) is 0 Å². The largest absolute Gasteiger partial charge is 0.352 e. The smallest absolute Gasteiger partial charge is 0.195 e. The highest BCUT2D eigenvalue weighted by Gasteiger charge is 2.71. The summed E-state index contributed by atoms with van der Waals surface area (Å²) in [5, 5.41) is 1.82. The van der Waals surface area contributed by atoms with Gasteiger partial charge in [0.05, 0.1) is 10.9 Å². The van der Waals surface area contributed by atoms with E-state index in [0.717, 1.165) is 11.3 Å². The van der Waals surface area contributed by atoms with Crippen LogP contribution >= 0.6 is 11.3 Å². The molecule has 4 aromatic rings. The van der Waals surface area contributed by atoms with Gasteiger partial charge in [-0.05, 0) is 34.7 Å². The maximum absolute atomic E-state index is 15.6. The van der Waals surface area contributed by atoms with E-state index in [9.17, 15) is 14.4 Å². The van der Waals surface area contributed by atoms with Gasteiger partial charge in [0.25, 0.3) is 0 Å². The first-order valence-corrected chi connectivity index (χ1v) is 13.0. The van der Waals surface area contributed by atoms with Gasteiger partial charge in [-0.25, -0.2) is 4.39 Å². The third-order valence-electron chi connectivity index (χ3n) is 7.99. The van der Waals surface area contributed by atoms with E-state index in [2.05, 4.69) is 0 Å². The van der Waals surface area contributed by atoms with Crippen LogP contribution in [-0.2, 0) is 0 Å². The summed E-state index contributed by atoms with van der Waals surface area (Å²) < 4.78 is 15.6. The molecule has 0 amide bonds. The van der Waals surface area contributed by atoms with Crippen LogP contribution in [0.4, 0.5) is 10.1 Å². The number of carbonyl (C=O) groups is 3. The molecule has 1 spiro atoms. The van der Waals surface area contributed by atoms with Crippen LogP contribution in [0.2, 0.25) is 0 Å². The number of rotatable bonds is 3. The number of carbonyl (C=O) groups excluding carboxylic acids is 3. The molecule has 3 heterocycles. The van der Waals surface area contributed by atoms with Gasteiger partial charge in [0.1, 0.15) is 17.3 Å². The third-order valence-corrected chi connectivity index (χ3v) is 8.87. The van der Waals surface area contributed by atoms with Crippen LogP contribution in [0, 0.1) is 11.2 Å². The highest BCUT2D eigenvalue weighted by molar-refractivity contribution is 7.12. The summed E-state index contributed by atoms with van der Waals surface area (Å²) >= 11 is 1.30. The number of halogens is 1. The van der Waals surface area contributed by atoms with Gasteiger partial charge in [-0.15, -0.1) is 11.3 Å². The highest BCUT2D eigenvalue weighted by atomic mass is 32.1. The van der Waals surface area contributed by atoms with E-state index >= 15 is 4.39 Å². The predicted octanol–water partition coefficient (Wildman–Crippen LogP) is 6.20. The Balaban J connectivity index is 1.58. The maximum Gasteiger partial charge on any atom is 0.195 e. The molecule has 3 atom stereocenters. The summed E-state index contributed by atoms with van der Waals surface area (Å²) in [4.78, 5) is 45.6. The van der Waals surface area contributed by atoms with Crippen molar-refractivity contribution >= 4 is 40.4 Å². The minimum absolute atomic E-state index is 0.201. The fourth-order valence-electron chi connectivity index (χ4n) is 6.55. The molecule has 4 nitrogen and oxygen atoms in total. The topological polar surface area (TPSA) is 54.5 Å². The molecule has 3 aromatic carbocycles. The van der Waals surface area contributed by atoms with E-state index in [0.29, 0.717) is 16.0 Å². The Morgan fingerprint density at radius 1 is 0.838 bits per heavy atom. The van der Waals surface area contributed by atoms with Gasteiger partial charge < -0.3 is 4.90 Å². The van der Waals surface area contributed by atoms with E-state index < -0.39 is 29.2 Å². The second-order valence-electron chi connectivity index (χ2n) is 9.63. The van der Waals surface area contributed by atoms with Crippen LogP contribution in [0.3, 0.4) is 0 Å². The lowest BCUT2D eigenvalue weighted by atomic mass is 9.64. The van der Waals surface area contributed by atoms with Crippen molar-refractivity contribution in [2.24, 2.45) is 5.41 Å². The quantitative estimate of drug-likeness (QED) is 0.246. The lowest BCUT2D eigenvalue weighted by molar-refractivity contribution is 0.0664. The molecule has 0 N–H and O–H groups in total. The van der Waals surface area contributed by atoms with Gasteiger partial charge in [0.2, 0.25) is 0 Å². The van der Waals surface area contributed by atoms with Crippen LogP contribution in [0.25, 0.3) is 6.08 Å². The number of benzene rings is 3. The Morgan fingerprint density at radius 2 is 1.51 bits per heavy atom. The average Bonchev–Trinajstić information content (AvgIpc) is 3.62. The Labute approximate surface area is 216 Å². The summed E-state index contributed by atoms with van der Waals surface area (Å²) in [6, 6.07) is 22.4. The Hall–Kier alpha value is -4.16. The van der Waals surface area contributed by atoms with Gasteiger partial charge in [-0.2, -0.15) is 0 Å². The Kier molecular flexibility index (Phi) is 4.72. The molecular weight excluding hydrogens is 485 g/mol. The van der Waals surface area contributed by atoms with Crippen molar-refractivity contribution in [3.63, 3.8) is 0 Å². The minimum atomic E-state index is -1.69. The summed E-state index contributed by atoms with van der Waals surface area (Å²) in [6.07, 6.45) is 3.75. The van der Waals surface area contributed by atoms with Crippen molar-refractivity contribution < 1.29 is 18.8 Å². The van der Waals surface area contributed by atoms with Crippen molar-refractivity contribution in [3.05, 3.63) is 129 Å². The van der Waals surface area contributed by atoms with Gasteiger partial charge in [0.15, 0.2) is 17.3 Å². The van der Waals surface area contributed by atoms with Gasteiger partial charge in [-0.3, -0.25) is 14.4 Å². The zero-order valence-corrected chi connectivity index (χ0v) is 20.3. The van der Waals surface area contributed by atoms with Crippen LogP contribution in [0.15, 0.2) is 96.4 Å². The fourth-order valence-corrected chi connectivity index (χ4v) is 7.25. The Bertz CT molecular complexity index is 1600. The summed E-state index contributed by atoms with van der Waals surface area (Å²) in [6.45, 7) is 0. The van der Waals surface area contributed by atoms with E-state index in [1.54, 1.807) is 54.6 Å². The number of para-hydroxylation sites is 1. The van der Waals surface area contributed by atoms with Crippen molar-refractivity contribution in [2.75, 3.05) is 4.90 Å². The van der Waals surface area contributed by atoms with Crippen molar-refractivity contribution in [2.45, 2.75) is 18.0 Å². The second kappa shape index (κ2) is 7.92. The molecule has 3 aliphatic rings. The number of fused-ring (bicyclic) bond motifs is 5. The monoisotopic (exact) mass is 505 g/mol. The number of Topliss-reactive ketones (excluding diaryl/α,β-unsaturated/α-hetero) is 3. The number of hydrogen-bond donors (Lipinski definition) is 0. The molecule has 0 unspecified atom stereocenters. The molecule has 1 fully saturated rings. The molecule has 1 aromatic heterocycles. The second-order valence-corrected chi connectivity index (χ2v) is 10.6. The van der Waals surface area contributed by atoms with Gasteiger partial charge in [-0.1, -0.05) is 78.9 Å². The molecule has 180 valence electrons. The third kappa shape index (κ3) is 2.79. The van der Waals surface area contributed by atoms with Crippen molar-refractivity contribution in [3.8, 4) is 0 Å². The average molecular weight is 506 g/mol. The molecule has 37 heavy (non-hydrogen) atoms. The van der Waals surface area contributed by atoms with E-state index in [1.165, 1.54) is 17.4 Å². The molecule has 6 heteroatoms. The SMILES string of the molecule is O=C(c1cccs1)[C@@H]1[C@H](c2ccccc2F)C2(C(=O)c3ccccc3C2=O)[C@H]2C=Cc3ccccc3N12. The first-order valence-electron chi connectivity index (χ1n) is 12.1. The summed E-state index contributed by atoms with van der Waals surface area (Å²) in [7, 11) is 0. The van der Waals surface area contributed by atoms with Crippen LogP contribution in [0.1, 0.15) is 47.4 Å². The predicted molar refractivity (Wildman–Crippen MR) is 141 cm³/mol. The highest BCUT2D eigenvalue weighted by Crippen LogP contribution is 2.61. The fraction of sp³-hybridized carbons (Fsp3) is 0.129. The van der Waals surface area contributed by atoms with Crippen LogP contribution in [-0.4, -0.2) is 29.4 Å². The molecule has 7 rings (SSSR count). The van der Waals surface area contributed by atoms with Crippen molar-refractivity contribution in [1.82, 2.24) is 0 Å². The maximum atomic E-state index is 15.6. The normalized spacial score (nSPS) is 22.7. The summed E-state index contributed by atoms with van der Waals surface area (Å²) in [5.41, 5.74) is 0.790. The number of anilines is 1. The number of hydrogen-bond acceptors (Lipinski definition) is 5. The number of thiophene rings is 1. The zero-order chi connectivity index (χ0) is 25.3. The Morgan fingerprint density at radius 3 is 2.22 bits per heavy atom. The lowest BCUT2D eigenvalue weighted by Gasteiger charge is -2.37. The first-order chi connectivity index (χ1) is 18.0. The van der Waals surface area contributed by atoms with Crippen molar-refractivity contribution in [1.29, 1.82) is 0 Å². The molecule has 0 bridgehead atoms. The summed E-state index contributed by atoms with van der Waals surface area (Å²) in [5.74, 6) is -2.52.